The number of morpholine rings is 1. The number of benzene rings is 2. The van der Waals surface area contributed by atoms with E-state index in [4.69, 9.17) is 14.2 Å². The number of hydrogen-bond donors (Lipinski definition) is 1. The van der Waals surface area contributed by atoms with E-state index in [0.717, 1.165) is 59.0 Å². The van der Waals surface area contributed by atoms with E-state index in [9.17, 15) is 18.0 Å². The average molecular weight is 608 g/mol. The SMILES string of the molecule is COCc1ccc2c(c1)C=C(C(=O)OC)Cn1c-2c(C2CCCCC2)c2ccc(C(=O)NS(=O)(=O)N3CCOCC3)cc21. The fourth-order valence-corrected chi connectivity index (χ4v) is 7.78. The van der Waals surface area contributed by atoms with Crippen molar-refractivity contribution in [1.82, 2.24) is 13.6 Å². The maximum absolute atomic E-state index is 13.4. The molecule has 0 unspecified atom stereocenters. The van der Waals surface area contributed by atoms with Gasteiger partial charge < -0.3 is 18.8 Å². The Kier molecular flexibility index (Phi) is 8.41. The zero-order chi connectivity index (χ0) is 30.1. The predicted molar refractivity (Wildman–Crippen MR) is 163 cm³/mol. The van der Waals surface area contributed by atoms with Crippen LogP contribution in [0.4, 0.5) is 0 Å². The Labute approximate surface area is 251 Å². The topological polar surface area (TPSA) is 116 Å². The third-order valence-corrected chi connectivity index (χ3v) is 10.2. The maximum Gasteiger partial charge on any atom is 0.335 e. The minimum absolute atomic E-state index is 0.187. The van der Waals surface area contributed by atoms with Crippen molar-refractivity contribution in [3.8, 4) is 11.3 Å². The molecular weight excluding hydrogens is 570 g/mol. The van der Waals surface area contributed by atoms with Gasteiger partial charge in [-0.05, 0) is 59.7 Å². The number of methoxy groups -OCH3 is 2. The molecule has 1 amide bonds. The smallest absolute Gasteiger partial charge is 0.335 e. The van der Waals surface area contributed by atoms with E-state index in [1.54, 1.807) is 19.2 Å². The van der Waals surface area contributed by atoms with E-state index in [-0.39, 0.29) is 38.4 Å². The van der Waals surface area contributed by atoms with Crippen LogP contribution in [-0.2, 0) is 42.4 Å². The number of ether oxygens (including phenoxy) is 3. The first kappa shape index (κ1) is 29.6. The molecule has 2 aliphatic heterocycles. The lowest BCUT2D eigenvalue weighted by Gasteiger charge is -2.25. The first-order valence-electron chi connectivity index (χ1n) is 14.8. The molecule has 0 radical (unpaired) electrons. The molecule has 43 heavy (non-hydrogen) atoms. The second kappa shape index (κ2) is 12.2. The number of nitrogens with one attached hydrogen (secondary N) is 1. The van der Waals surface area contributed by atoms with Gasteiger partial charge in [0.15, 0.2) is 0 Å². The van der Waals surface area contributed by atoms with Gasteiger partial charge >= 0.3 is 16.2 Å². The van der Waals surface area contributed by atoms with Crippen molar-refractivity contribution in [3.63, 3.8) is 0 Å². The first-order chi connectivity index (χ1) is 20.8. The molecule has 1 saturated heterocycles. The van der Waals surface area contributed by atoms with Gasteiger partial charge in [-0.25, -0.2) is 9.52 Å². The first-order valence-corrected chi connectivity index (χ1v) is 16.2. The molecule has 10 nitrogen and oxygen atoms in total. The summed E-state index contributed by atoms with van der Waals surface area (Å²) in [5.41, 5.74) is 6.61. The second-order valence-corrected chi connectivity index (χ2v) is 13.0. The second-order valence-electron chi connectivity index (χ2n) is 11.4. The molecule has 3 aromatic rings. The van der Waals surface area contributed by atoms with Gasteiger partial charge in [-0.15, -0.1) is 0 Å². The number of esters is 1. The summed E-state index contributed by atoms with van der Waals surface area (Å²) in [4.78, 5) is 26.4. The van der Waals surface area contributed by atoms with Gasteiger partial charge in [-0.3, -0.25) is 4.79 Å². The van der Waals surface area contributed by atoms with Crippen molar-refractivity contribution in [2.75, 3.05) is 40.5 Å². The predicted octanol–water partition coefficient (Wildman–Crippen LogP) is 4.38. The Bertz CT molecular complexity index is 1700. The van der Waals surface area contributed by atoms with Gasteiger partial charge in [0.2, 0.25) is 0 Å². The van der Waals surface area contributed by atoms with Gasteiger partial charge in [0.25, 0.3) is 5.91 Å². The van der Waals surface area contributed by atoms with E-state index in [1.165, 1.54) is 23.4 Å². The summed E-state index contributed by atoms with van der Waals surface area (Å²) in [6.07, 6.45) is 7.48. The lowest BCUT2D eigenvalue weighted by molar-refractivity contribution is -0.136. The minimum atomic E-state index is -4.02. The van der Waals surface area contributed by atoms with Crippen LogP contribution < -0.4 is 4.72 Å². The third kappa shape index (κ3) is 5.74. The third-order valence-electron chi connectivity index (χ3n) is 8.70. The number of rotatable bonds is 7. The monoisotopic (exact) mass is 607 g/mol. The van der Waals surface area contributed by atoms with Gasteiger partial charge in [0.1, 0.15) is 0 Å². The van der Waals surface area contributed by atoms with Crippen molar-refractivity contribution >= 4 is 39.1 Å². The van der Waals surface area contributed by atoms with Crippen molar-refractivity contribution in [2.45, 2.75) is 51.2 Å². The number of aromatic nitrogens is 1. The number of hydrogen-bond acceptors (Lipinski definition) is 7. The molecule has 2 aromatic carbocycles. The van der Waals surface area contributed by atoms with E-state index in [0.29, 0.717) is 18.1 Å². The summed E-state index contributed by atoms with van der Waals surface area (Å²) in [7, 11) is -1.00. The Hall–Kier alpha value is -3.51. The van der Waals surface area contributed by atoms with E-state index in [2.05, 4.69) is 21.4 Å². The Morgan fingerprint density at radius 3 is 2.51 bits per heavy atom. The summed E-state index contributed by atoms with van der Waals surface area (Å²) in [6.45, 7) is 1.63. The molecular formula is C32H37N3O7S. The van der Waals surface area contributed by atoms with Crippen LogP contribution in [0.2, 0.25) is 0 Å². The van der Waals surface area contributed by atoms with E-state index in [1.807, 2.05) is 18.2 Å². The Morgan fingerprint density at radius 1 is 1.02 bits per heavy atom. The number of amides is 1. The zero-order valence-electron chi connectivity index (χ0n) is 24.6. The van der Waals surface area contributed by atoms with Crippen LogP contribution >= 0.6 is 0 Å². The lowest BCUT2D eigenvalue weighted by atomic mass is 9.81. The molecule has 3 heterocycles. The average Bonchev–Trinajstić information content (AvgIpc) is 3.24. The molecule has 2 fully saturated rings. The number of carbonyl (C=O) groups is 2. The number of fused-ring (bicyclic) bond motifs is 5. The summed E-state index contributed by atoms with van der Waals surface area (Å²) < 4.78 is 47.3. The Morgan fingerprint density at radius 2 is 1.79 bits per heavy atom. The maximum atomic E-state index is 13.4. The molecule has 1 aromatic heterocycles. The fraction of sp³-hybridized carbons (Fsp3) is 0.438. The van der Waals surface area contributed by atoms with Crippen LogP contribution in [0.3, 0.4) is 0 Å². The van der Waals surface area contributed by atoms with Gasteiger partial charge in [0.05, 0.1) is 44.7 Å². The summed E-state index contributed by atoms with van der Waals surface area (Å²) in [5, 5.41) is 1.01. The molecule has 1 N–H and O–H groups in total. The highest BCUT2D eigenvalue weighted by atomic mass is 32.2. The molecule has 0 spiro atoms. The summed E-state index contributed by atoms with van der Waals surface area (Å²) in [6, 6.07) is 11.5. The highest BCUT2D eigenvalue weighted by Gasteiger charge is 2.32. The van der Waals surface area contributed by atoms with Gasteiger partial charge in [-0.1, -0.05) is 37.5 Å². The van der Waals surface area contributed by atoms with Crippen LogP contribution in [0.25, 0.3) is 28.2 Å². The minimum Gasteiger partial charge on any atom is -0.466 e. The lowest BCUT2D eigenvalue weighted by Crippen LogP contribution is -2.48. The standard InChI is InChI=1S/C32H37N3O7S/c1-40-20-21-8-10-26-24(16-21)17-25(32(37)41-2)19-35-28-18-23(31(36)33-43(38,39)34-12-14-42-15-13-34)9-11-27(28)29(30(26)35)22-6-4-3-5-7-22/h8-11,16-18,22H,3-7,12-15,19-20H2,1-2H3,(H,33,36). The molecule has 3 aliphatic rings. The summed E-state index contributed by atoms with van der Waals surface area (Å²) >= 11 is 0. The van der Waals surface area contributed by atoms with Crippen molar-refractivity contribution in [2.24, 2.45) is 0 Å². The molecule has 1 saturated carbocycles. The molecule has 0 atom stereocenters. The molecule has 0 bridgehead atoms. The van der Waals surface area contributed by atoms with Crippen molar-refractivity contribution in [1.29, 1.82) is 0 Å². The summed E-state index contributed by atoms with van der Waals surface area (Å²) in [5.74, 6) is -0.812. The molecule has 228 valence electrons. The quantitative estimate of drug-likeness (QED) is 0.397. The van der Waals surface area contributed by atoms with E-state index < -0.39 is 22.1 Å². The zero-order valence-corrected chi connectivity index (χ0v) is 25.4. The molecule has 6 rings (SSSR count). The largest absolute Gasteiger partial charge is 0.466 e. The van der Waals surface area contributed by atoms with Crippen LogP contribution in [0.15, 0.2) is 42.0 Å². The van der Waals surface area contributed by atoms with Gasteiger partial charge in [-0.2, -0.15) is 12.7 Å². The number of nitrogens with zero attached hydrogens (tertiary/aromatic N) is 2. The molecule has 11 heteroatoms. The van der Waals surface area contributed by atoms with Crippen LogP contribution in [0.1, 0.15) is 65.1 Å². The highest BCUT2D eigenvalue weighted by molar-refractivity contribution is 7.87. The normalized spacial score (nSPS) is 18.0. The Balaban J connectivity index is 1.51. The fourth-order valence-electron chi connectivity index (χ4n) is 6.67. The van der Waals surface area contributed by atoms with Crippen LogP contribution in [0, 0.1) is 0 Å². The van der Waals surface area contributed by atoms with Crippen molar-refractivity contribution in [3.05, 3.63) is 64.2 Å². The van der Waals surface area contributed by atoms with Crippen molar-refractivity contribution < 1.29 is 32.2 Å². The number of carbonyl (C=O) groups excluding carboxylic acids is 2. The van der Waals surface area contributed by atoms with Gasteiger partial charge in [0, 0.05) is 42.2 Å². The van der Waals surface area contributed by atoms with Crippen LogP contribution in [0.5, 0.6) is 0 Å². The molecule has 1 aliphatic carbocycles. The van der Waals surface area contributed by atoms with Crippen LogP contribution in [-0.4, -0.2) is 69.7 Å². The highest BCUT2D eigenvalue weighted by Crippen LogP contribution is 2.46. The van der Waals surface area contributed by atoms with E-state index >= 15 is 0 Å².